The van der Waals surface area contributed by atoms with Crippen molar-refractivity contribution in [1.29, 1.82) is 0 Å². The van der Waals surface area contributed by atoms with E-state index in [-0.39, 0.29) is 0 Å². The summed E-state index contributed by atoms with van der Waals surface area (Å²) >= 11 is 3.76. The number of hydrogen-bond donors (Lipinski definition) is 0. The lowest BCUT2D eigenvalue weighted by atomic mass is 9.96. The number of rotatable bonds is 7. The fourth-order valence-electron chi connectivity index (χ4n) is 9.14. The first kappa shape index (κ1) is 35.6. The molecule has 0 aliphatic carbocycles. The molecule has 0 saturated carbocycles. The molecule has 2 heterocycles. The molecule has 1 nitrogen and oxygen atoms in total. The van der Waals surface area contributed by atoms with Gasteiger partial charge in [-0.15, -0.1) is 22.7 Å². The molecule has 0 bridgehead atoms. The third-order valence-electron chi connectivity index (χ3n) is 12.0. The van der Waals surface area contributed by atoms with Gasteiger partial charge >= 0.3 is 0 Å². The van der Waals surface area contributed by atoms with Gasteiger partial charge in [0.2, 0.25) is 0 Å². The first-order valence-electron chi connectivity index (χ1n) is 20.7. The van der Waals surface area contributed by atoms with Crippen molar-refractivity contribution in [2.75, 3.05) is 4.90 Å². The highest BCUT2D eigenvalue weighted by molar-refractivity contribution is 7.26. The molecule has 12 rings (SSSR count). The molecule has 0 aliphatic rings. The van der Waals surface area contributed by atoms with Crippen LogP contribution in [0.1, 0.15) is 0 Å². The van der Waals surface area contributed by atoms with Crippen molar-refractivity contribution in [1.82, 2.24) is 0 Å². The fraction of sp³-hybridized carbons (Fsp3) is 0. The van der Waals surface area contributed by atoms with E-state index in [2.05, 4.69) is 229 Å². The Labute approximate surface area is 362 Å². The van der Waals surface area contributed by atoms with Crippen molar-refractivity contribution in [3.63, 3.8) is 0 Å². The molecule has 10 aromatic carbocycles. The van der Waals surface area contributed by atoms with E-state index >= 15 is 0 Å². The molecule has 3 heteroatoms. The van der Waals surface area contributed by atoms with E-state index in [9.17, 15) is 0 Å². The molecule has 0 spiro atoms. The lowest BCUT2D eigenvalue weighted by Crippen LogP contribution is -2.11. The van der Waals surface area contributed by atoms with E-state index in [0.29, 0.717) is 0 Å². The second-order valence-electron chi connectivity index (χ2n) is 15.7. The van der Waals surface area contributed by atoms with Gasteiger partial charge in [-0.3, -0.25) is 0 Å². The summed E-state index contributed by atoms with van der Waals surface area (Å²) in [5.74, 6) is 0. The molecule has 0 atom stereocenters. The summed E-state index contributed by atoms with van der Waals surface area (Å²) in [5.41, 5.74) is 13.0. The van der Waals surface area contributed by atoms with Gasteiger partial charge in [-0.2, -0.15) is 0 Å². The maximum Gasteiger partial charge on any atom is 0.0540 e. The van der Waals surface area contributed by atoms with Crippen LogP contribution in [-0.2, 0) is 0 Å². The summed E-state index contributed by atoms with van der Waals surface area (Å²) < 4.78 is 5.26. The van der Waals surface area contributed by atoms with E-state index in [1.807, 2.05) is 22.7 Å². The second-order valence-corrected chi connectivity index (χ2v) is 17.8. The number of hydrogen-bond acceptors (Lipinski definition) is 3. The highest BCUT2D eigenvalue weighted by Gasteiger charge is 2.21. The first-order valence-corrected chi connectivity index (χ1v) is 22.4. The minimum atomic E-state index is 1.10. The number of benzene rings is 10. The van der Waals surface area contributed by atoms with E-state index in [4.69, 9.17) is 0 Å². The van der Waals surface area contributed by atoms with Crippen molar-refractivity contribution in [3.8, 4) is 44.5 Å². The van der Waals surface area contributed by atoms with Crippen LogP contribution in [0.2, 0.25) is 0 Å². The Morgan fingerprint density at radius 1 is 0.279 bits per heavy atom. The van der Waals surface area contributed by atoms with Crippen molar-refractivity contribution in [2.24, 2.45) is 0 Å². The minimum absolute atomic E-state index is 1.10. The van der Waals surface area contributed by atoms with Crippen molar-refractivity contribution in [2.45, 2.75) is 0 Å². The number of anilines is 3. The Morgan fingerprint density at radius 2 is 0.754 bits per heavy atom. The average molecular weight is 812 g/mol. The monoisotopic (exact) mass is 811 g/mol. The molecule has 2 aromatic heterocycles. The third kappa shape index (κ3) is 6.21. The van der Waals surface area contributed by atoms with Crippen LogP contribution in [0, 0.1) is 0 Å². The second kappa shape index (κ2) is 14.8. The zero-order valence-electron chi connectivity index (χ0n) is 33.1. The molecule has 61 heavy (non-hydrogen) atoms. The molecule has 0 unspecified atom stereocenters. The zero-order chi connectivity index (χ0) is 40.3. The summed E-state index contributed by atoms with van der Waals surface area (Å²) in [6, 6.07) is 82.5. The lowest BCUT2D eigenvalue weighted by molar-refractivity contribution is 1.28. The van der Waals surface area contributed by atoms with Gasteiger partial charge in [0.15, 0.2) is 0 Å². The van der Waals surface area contributed by atoms with Gasteiger partial charge < -0.3 is 4.90 Å². The topological polar surface area (TPSA) is 3.24 Å². The predicted molar refractivity (Wildman–Crippen MR) is 266 cm³/mol. The minimum Gasteiger partial charge on any atom is -0.310 e. The quantitative estimate of drug-likeness (QED) is 0.155. The SMILES string of the molecule is c1cc(-c2cccc(N(c3cccc(-c4ccc5ccccc5c4)c3)c3ccccc3-c3cccc4c3sc3ccccc34)c2)cc(-c2cccc3c2sc2ccccc23)c1. The van der Waals surface area contributed by atoms with E-state index in [1.165, 1.54) is 95.6 Å². The normalized spacial score (nSPS) is 11.6. The Kier molecular flexibility index (Phi) is 8.62. The van der Waals surface area contributed by atoms with Gasteiger partial charge in [-0.05, 0) is 98.8 Å². The predicted octanol–water partition coefficient (Wildman–Crippen LogP) is 17.7. The van der Waals surface area contributed by atoms with Gasteiger partial charge in [0, 0.05) is 62.8 Å². The Hall–Kier alpha value is -7.30. The van der Waals surface area contributed by atoms with Crippen LogP contribution < -0.4 is 4.90 Å². The van der Waals surface area contributed by atoms with Crippen LogP contribution in [0.5, 0.6) is 0 Å². The molecule has 0 N–H and O–H groups in total. The molecule has 12 aromatic rings. The van der Waals surface area contributed by atoms with Crippen LogP contribution in [-0.4, -0.2) is 0 Å². The number of fused-ring (bicyclic) bond motifs is 7. The third-order valence-corrected chi connectivity index (χ3v) is 14.5. The first-order chi connectivity index (χ1) is 30.2. The number of thiophene rings is 2. The average Bonchev–Trinajstić information content (AvgIpc) is 3.91. The van der Waals surface area contributed by atoms with Crippen molar-refractivity contribution < 1.29 is 0 Å². The van der Waals surface area contributed by atoms with Gasteiger partial charge in [0.1, 0.15) is 0 Å². The van der Waals surface area contributed by atoms with Crippen LogP contribution in [0.3, 0.4) is 0 Å². The molecular weight excluding hydrogens is 775 g/mol. The highest BCUT2D eigenvalue weighted by atomic mass is 32.1. The van der Waals surface area contributed by atoms with E-state index in [1.54, 1.807) is 0 Å². The molecule has 0 aliphatic heterocycles. The van der Waals surface area contributed by atoms with Crippen LogP contribution >= 0.6 is 22.7 Å². The van der Waals surface area contributed by atoms with Crippen molar-refractivity contribution in [3.05, 3.63) is 224 Å². The summed E-state index contributed by atoms with van der Waals surface area (Å²) in [6.07, 6.45) is 0. The van der Waals surface area contributed by atoms with Gasteiger partial charge in [0.05, 0.1) is 5.69 Å². The summed E-state index contributed by atoms with van der Waals surface area (Å²) in [5, 5.41) is 7.72. The van der Waals surface area contributed by atoms with Crippen LogP contribution in [0.4, 0.5) is 17.1 Å². The lowest BCUT2D eigenvalue weighted by Gasteiger charge is -2.29. The standard InChI is InChI=1S/C58H37NS2/c1-2-15-39-34-43(33-32-38(39)14-1)42-18-11-21-46(37-42)59(54-29-6-3-22-48(54)51-26-13-28-53-50-24-5-8-31-56(50)61-58(51)53)45-20-10-17-41(36-45)40-16-9-19-44(35-40)47-25-12-27-52-49-23-4-7-30-55(49)60-57(47)52/h1-37H. The molecule has 286 valence electrons. The van der Waals surface area contributed by atoms with Gasteiger partial charge in [0.25, 0.3) is 0 Å². The smallest absolute Gasteiger partial charge is 0.0540 e. The highest BCUT2D eigenvalue weighted by Crippen LogP contribution is 2.47. The van der Waals surface area contributed by atoms with E-state index in [0.717, 1.165) is 17.1 Å². The molecule has 0 amide bonds. The Morgan fingerprint density at radius 3 is 1.46 bits per heavy atom. The maximum absolute atomic E-state index is 2.46. The van der Waals surface area contributed by atoms with Crippen LogP contribution in [0.15, 0.2) is 224 Å². The molecule has 0 radical (unpaired) electrons. The van der Waals surface area contributed by atoms with E-state index < -0.39 is 0 Å². The summed E-state index contributed by atoms with van der Waals surface area (Å²) in [6.45, 7) is 0. The summed E-state index contributed by atoms with van der Waals surface area (Å²) in [7, 11) is 0. The molecule has 0 fully saturated rings. The summed E-state index contributed by atoms with van der Waals surface area (Å²) in [4.78, 5) is 2.46. The number of para-hydroxylation sites is 1. The van der Waals surface area contributed by atoms with Crippen molar-refractivity contribution >= 4 is 90.9 Å². The molecule has 0 saturated heterocycles. The Bertz CT molecular complexity index is 3630. The fourth-order valence-corrected chi connectivity index (χ4v) is 11.6. The largest absolute Gasteiger partial charge is 0.310 e. The zero-order valence-corrected chi connectivity index (χ0v) is 34.8. The molecular formula is C58H37NS2. The van der Waals surface area contributed by atoms with Gasteiger partial charge in [-0.25, -0.2) is 0 Å². The maximum atomic E-state index is 2.46. The van der Waals surface area contributed by atoms with Crippen LogP contribution in [0.25, 0.3) is 95.6 Å². The van der Waals surface area contributed by atoms with Gasteiger partial charge in [-0.1, -0.05) is 170 Å². The Balaban J connectivity index is 1.03. The number of nitrogens with zero attached hydrogens (tertiary/aromatic N) is 1.